The van der Waals surface area contributed by atoms with Crippen LogP contribution in [-0.4, -0.2) is 82.4 Å². The zero-order valence-corrected chi connectivity index (χ0v) is 25.2. The standard InChI is InChI=1S/C27H38N4O5S3/c1-5-24(31-16-14-30(3)15-17-31)39(35,36)26-19(2)28-27(37-26)29-25(32)23(18-20-8-6-7-9-20)21-10-12-22(13-11-21)38(4,33)34/h5,10-13,20,23-24H,1,6-9,14-18H2,2-4H3,(H,28,29,32). The lowest BCUT2D eigenvalue weighted by atomic mass is 9.87. The smallest absolute Gasteiger partial charge is 0.233 e. The predicted molar refractivity (Wildman–Crippen MR) is 155 cm³/mol. The van der Waals surface area contributed by atoms with Crippen LogP contribution < -0.4 is 5.32 Å². The van der Waals surface area contributed by atoms with Crippen molar-refractivity contribution in [3.8, 4) is 0 Å². The monoisotopic (exact) mass is 594 g/mol. The summed E-state index contributed by atoms with van der Waals surface area (Å²) in [7, 11) is -5.13. The van der Waals surface area contributed by atoms with Gasteiger partial charge in [0.1, 0.15) is 9.58 Å². The first kappa shape index (κ1) is 29.9. The molecule has 2 atom stereocenters. The second-order valence-corrected chi connectivity index (χ2v) is 15.9. The fourth-order valence-corrected chi connectivity index (χ4v) is 9.34. The van der Waals surface area contributed by atoms with Crippen molar-refractivity contribution in [2.75, 3.05) is 44.8 Å². The van der Waals surface area contributed by atoms with Gasteiger partial charge in [-0.2, -0.15) is 0 Å². The number of sulfone groups is 2. The average Bonchev–Trinajstić information content (AvgIpc) is 3.53. The van der Waals surface area contributed by atoms with Gasteiger partial charge in [0, 0.05) is 32.4 Å². The van der Waals surface area contributed by atoms with Gasteiger partial charge in [0.25, 0.3) is 0 Å². The molecular weight excluding hydrogens is 557 g/mol. The summed E-state index contributed by atoms with van der Waals surface area (Å²) in [4.78, 5) is 22.3. The summed E-state index contributed by atoms with van der Waals surface area (Å²) < 4.78 is 51.3. The van der Waals surface area contributed by atoms with Crippen molar-refractivity contribution in [2.24, 2.45) is 5.92 Å². The van der Waals surface area contributed by atoms with Gasteiger partial charge in [0.05, 0.1) is 16.5 Å². The molecule has 0 spiro atoms. The van der Waals surface area contributed by atoms with E-state index in [-0.39, 0.29) is 20.1 Å². The second kappa shape index (κ2) is 12.2. The maximum atomic E-state index is 13.6. The number of carbonyl (C=O) groups is 1. The Hall–Kier alpha value is -2.12. The number of aromatic nitrogens is 1. The van der Waals surface area contributed by atoms with Gasteiger partial charge >= 0.3 is 0 Å². The number of nitrogens with one attached hydrogen (secondary N) is 1. The third-order valence-electron chi connectivity index (χ3n) is 7.73. The van der Waals surface area contributed by atoms with Gasteiger partial charge in [-0.05, 0) is 44.0 Å². The first-order valence-corrected chi connectivity index (χ1v) is 17.5. The molecule has 2 fully saturated rings. The van der Waals surface area contributed by atoms with Crippen molar-refractivity contribution in [1.82, 2.24) is 14.8 Å². The van der Waals surface area contributed by atoms with Crippen molar-refractivity contribution < 1.29 is 21.6 Å². The lowest BCUT2D eigenvalue weighted by Crippen LogP contribution is -2.50. The lowest BCUT2D eigenvalue weighted by molar-refractivity contribution is -0.118. The van der Waals surface area contributed by atoms with Crippen molar-refractivity contribution in [3.05, 3.63) is 48.2 Å². The zero-order valence-electron chi connectivity index (χ0n) is 22.8. The predicted octanol–water partition coefficient (Wildman–Crippen LogP) is 3.69. The molecule has 1 saturated heterocycles. The van der Waals surface area contributed by atoms with Gasteiger partial charge in [0.2, 0.25) is 15.7 Å². The number of likely N-dealkylation sites (N-methyl/N-ethyl adjacent to an activating group) is 1. The van der Waals surface area contributed by atoms with E-state index in [0.717, 1.165) is 61.9 Å². The third kappa shape index (κ3) is 6.97. The Morgan fingerprint density at radius 3 is 2.31 bits per heavy atom. The Balaban J connectivity index is 1.56. The number of thiazole rings is 1. The summed E-state index contributed by atoms with van der Waals surface area (Å²) in [6.07, 6.45) is 7.64. The van der Waals surface area contributed by atoms with Crippen LogP contribution in [0.4, 0.5) is 5.13 Å². The van der Waals surface area contributed by atoms with Crippen LogP contribution in [0.15, 0.2) is 46.0 Å². The fourth-order valence-electron chi connectivity index (χ4n) is 5.47. The van der Waals surface area contributed by atoms with Gasteiger partial charge in [0.15, 0.2) is 15.0 Å². The molecule has 2 unspecified atom stereocenters. The van der Waals surface area contributed by atoms with E-state index >= 15 is 0 Å². The molecule has 0 radical (unpaired) electrons. The van der Waals surface area contributed by atoms with E-state index in [0.29, 0.717) is 31.1 Å². The Kier molecular flexibility index (Phi) is 9.32. The quantitative estimate of drug-likeness (QED) is 0.414. The molecular formula is C27H38N4O5S3. The average molecular weight is 595 g/mol. The molecule has 39 heavy (non-hydrogen) atoms. The minimum Gasteiger partial charge on any atom is -0.304 e. The Morgan fingerprint density at radius 1 is 1.13 bits per heavy atom. The number of aryl methyl sites for hydroxylation is 1. The van der Waals surface area contributed by atoms with E-state index in [2.05, 4.69) is 21.8 Å². The lowest BCUT2D eigenvalue weighted by Gasteiger charge is -2.36. The number of nitrogens with zero attached hydrogens (tertiary/aromatic N) is 3. The number of anilines is 1. The molecule has 214 valence electrons. The van der Waals surface area contributed by atoms with E-state index in [1.807, 2.05) is 11.9 Å². The Bertz CT molecular complexity index is 1390. The van der Waals surface area contributed by atoms with Gasteiger partial charge < -0.3 is 10.2 Å². The summed E-state index contributed by atoms with van der Waals surface area (Å²) in [6, 6.07) is 6.46. The van der Waals surface area contributed by atoms with Gasteiger partial charge in [-0.3, -0.25) is 9.69 Å². The molecule has 9 nitrogen and oxygen atoms in total. The molecule has 0 bridgehead atoms. The Morgan fingerprint density at radius 2 is 1.74 bits per heavy atom. The number of benzene rings is 1. The fraction of sp³-hybridized carbons (Fsp3) is 0.556. The molecule has 2 aromatic rings. The minimum absolute atomic E-state index is 0.131. The molecule has 1 saturated carbocycles. The van der Waals surface area contributed by atoms with Gasteiger partial charge in [-0.1, -0.05) is 55.2 Å². The molecule has 1 aromatic carbocycles. The van der Waals surface area contributed by atoms with Crippen LogP contribution in [0.3, 0.4) is 0 Å². The van der Waals surface area contributed by atoms with Crippen LogP contribution in [0.5, 0.6) is 0 Å². The highest BCUT2D eigenvalue weighted by Gasteiger charge is 2.36. The van der Waals surface area contributed by atoms with Crippen molar-refractivity contribution >= 4 is 42.1 Å². The summed E-state index contributed by atoms with van der Waals surface area (Å²) in [5, 5.41) is 2.25. The molecule has 1 N–H and O–H groups in total. The number of piperazine rings is 1. The van der Waals surface area contributed by atoms with Crippen LogP contribution in [0.2, 0.25) is 0 Å². The highest BCUT2D eigenvalue weighted by Crippen LogP contribution is 2.37. The topological polar surface area (TPSA) is 117 Å². The first-order valence-electron chi connectivity index (χ1n) is 13.3. The number of hydrogen-bond acceptors (Lipinski definition) is 9. The van der Waals surface area contributed by atoms with Crippen molar-refractivity contribution in [3.63, 3.8) is 0 Å². The van der Waals surface area contributed by atoms with Crippen LogP contribution in [0.1, 0.15) is 49.3 Å². The molecule has 1 aliphatic carbocycles. The number of hydrogen-bond donors (Lipinski definition) is 1. The summed E-state index contributed by atoms with van der Waals surface area (Å²) in [6.45, 7) is 8.23. The second-order valence-electron chi connectivity index (χ2n) is 10.7. The van der Waals surface area contributed by atoms with E-state index < -0.39 is 31.0 Å². The summed E-state index contributed by atoms with van der Waals surface area (Å²) >= 11 is 0.969. The minimum atomic E-state index is -3.79. The maximum Gasteiger partial charge on any atom is 0.233 e. The van der Waals surface area contributed by atoms with Gasteiger partial charge in [-0.15, -0.1) is 6.58 Å². The highest BCUT2D eigenvalue weighted by atomic mass is 32.2. The molecule has 1 aromatic heterocycles. The summed E-state index contributed by atoms with van der Waals surface area (Å²) in [5.74, 6) is -0.371. The van der Waals surface area contributed by atoms with Gasteiger partial charge in [-0.25, -0.2) is 21.8 Å². The molecule has 4 rings (SSSR count). The van der Waals surface area contributed by atoms with Crippen LogP contribution in [0.25, 0.3) is 0 Å². The molecule has 2 heterocycles. The summed E-state index contributed by atoms with van der Waals surface area (Å²) in [5.41, 5.74) is 1.08. The number of rotatable bonds is 10. The molecule has 12 heteroatoms. The van der Waals surface area contributed by atoms with Crippen LogP contribution in [0, 0.1) is 12.8 Å². The highest BCUT2D eigenvalue weighted by molar-refractivity contribution is 7.94. The maximum absolute atomic E-state index is 13.6. The van der Waals surface area contributed by atoms with Crippen molar-refractivity contribution in [1.29, 1.82) is 0 Å². The largest absolute Gasteiger partial charge is 0.304 e. The Labute approximate surface area is 236 Å². The molecule has 2 aliphatic rings. The van der Waals surface area contributed by atoms with Crippen LogP contribution >= 0.6 is 11.3 Å². The normalized spacial score (nSPS) is 19.6. The van der Waals surface area contributed by atoms with E-state index in [9.17, 15) is 21.6 Å². The number of amides is 1. The van der Waals surface area contributed by atoms with E-state index in [4.69, 9.17) is 0 Å². The van der Waals surface area contributed by atoms with Crippen molar-refractivity contribution in [2.45, 2.75) is 59.4 Å². The van der Waals surface area contributed by atoms with E-state index in [1.54, 1.807) is 19.1 Å². The zero-order chi connectivity index (χ0) is 28.4. The first-order chi connectivity index (χ1) is 18.4. The SMILES string of the molecule is C=CC(N1CCN(C)CC1)S(=O)(=O)c1sc(NC(=O)C(CC2CCCC2)c2ccc(S(C)(=O)=O)cc2)nc1C. The molecule has 1 amide bonds. The van der Waals surface area contributed by atoms with E-state index in [1.165, 1.54) is 18.2 Å². The molecule has 1 aliphatic heterocycles. The van der Waals surface area contributed by atoms with Crippen LogP contribution in [-0.2, 0) is 24.5 Å². The third-order valence-corrected chi connectivity index (χ3v) is 12.6. The number of carbonyl (C=O) groups excluding carboxylic acids is 1.